The fourth-order valence-electron chi connectivity index (χ4n) is 3.18. The lowest BCUT2D eigenvalue weighted by Crippen LogP contribution is -2.36. The topological polar surface area (TPSA) is 102 Å². The van der Waals surface area contributed by atoms with Crippen LogP contribution in [0.15, 0.2) is 47.4 Å². The van der Waals surface area contributed by atoms with Crippen molar-refractivity contribution >= 4 is 26.9 Å². The zero-order valence-electron chi connectivity index (χ0n) is 16.1. The summed E-state index contributed by atoms with van der Waals surface area (Å²) in [5.41, 5.74) is 1.35. The van der Waals surface area contributed by atoms with E-state index in [1.807, 2.05) is 24.3 Å². The summed E-state index contributed by atoms with van der Waals surface area (Å²) in [6.07, 6.45) is 0. The third kappa shape index (κ3) is 4.68. The third-order valence-corrected chi connectivity index (χ3v) is 6.25. The summed E-state index contributed by atoms with van der Waals surface area (Å²) in [4.78, 5) is 12.0. The molecular weight excluding hydrogens is 420 g/mol. The fraction of sp³-hybridized carbons (Fsp3) is 0.368. The first-order chi connectivity index (χ1) is 14.2. The van der Waals surface area contributed by atoms with Crippen LogP contribution < -0.4 is 10.2 Å². The molecule has 30 heavy (non-hydrogen) atoms. The molecule has 11 heteroatoms. The largest absolute Gasteiger partial charge is 0.378 e. The third-order valence-electron chi connectivity index (χ3n) is 4.87. The lowest BCUT2D eigenvalue weighted by molar-refractivity contribution is -0.384. The number of alkyl halides is 2. The average Bonchev–Trinajstić information content (AvgIpc) is 2.74. The van der Waals surface area contributed by atoms with Gasteiger partial charge in [-0.2, -0.15) is 8.78 Å². The second-order valence-electron chi connectivity index (χ2n) is 6.80. The van der Waals surface area contributed by atoms with E-state index < -0.39 is 31.1 Å². The first kappa shape index (κ1) is 21.9. The minimum Gasteiger partial charge on any atom is -0.378 e. The summed E-state index contributed by atoms with van der Waals surface area (Å²) < 4.78 is 54.1. The molecule has 3 rings (SSSR count). The number of rotatable bonds is 7. The van der Waals surface area contributed by atoms with Gasteiger partial charge < -0.3 is 15.0 Å². The fourth-order valence-corrected chi connectivity index (χ4v) is 3.92. The van der Waals surface area contributed by atoms with E-state index in [1.165, 1.54) is 0 Å². The van der Waals surface area contributed by atoms with Gasteiger partial charge in [-0.1, -0.05) is 12.1 Å². The molecule has 1 saturated heterocycles. The predicted octanol–water partition coefficient (Wildman–Crippen LogP) is 3.60. The van der Waals surface area contributed by atoms with Crippen LogP contribution in [0.3, 0.4) is 0 Å². The zero-order chi connectivity index (χ0) is 21.9. The number of hydrogen-bond donors (Lipinski definition) is 1. The Balaban J connectivity index is 1.80. The van der Waals surface area contributed by atoms with Crippen LogP contribution in [0.1, 0.15) is 18.5 Å². The van der Waals surface area contributed by atoms with Gasteiger partial charge in [0.2, 0.25) is 9.84 Å². The molecule has 0 saturated carbocycles. The summed E-state index contributed by atoms with van der Waals surface area (Å²) in [6.45, 7) is 4.72. The van der Waals surface area contributed by atoms with E-state index in [-0.39, 0.29) is 11.7 Å². The molecule has 1 aliphatic rings. The van der Waals surface area contributed by atoms with Gasteiger partial charge in [-0.3, -0.25) is 10.1 Å². The van der Waals surface area contributed by atoms with Crippen LogP contribution in [0, 0.1) is 10.1 Å². The second kappa shape index (κ2) is 8.92. The Morgan fingerprint density at radius 1 is 1.13 bits per heavy atom. The summed E-state index contributed by atoms with van der Waals surface area (Å²) in [7, 11) is -4.92. The van der Waals surface area contributed by atoms with Crippen molar-refractivity contribution in [1.29, 1.82) is 0 Å². The number of hydrogen-bond acceptors (Lipinski definition) is 7. The first-order valence-corrected chi connectivity index (χ1v) is 10.7. The Bertz CT molecular complexity index is 1010. The van der Waals surface area contributed by atoms with Crippen LogP contribution >= 0.6 is 0 Å². The number of nitro benzene ring substituents is 1. The van der Waals surface area contributed by atoms with Crippen LogP contribution in [0.4, 0.5) is 25.8 Å². The van der Waals surface area contributed by atoms with Gasteiger partial charge in [0.1, 0.15) is 5.69 Å². The molecule has 1 fully saturated rings. The van der Waals surface area contributed by atoms with Crippen LogP contribution in [0.2, 0.25) is 0 Å². The first-order valence-electron chi connectivity index (χ1n) is 9.20. The van der Waals surface area contributed by atoms with E-state index in [9.17, 15) is 27.3 Å². The molecular formula is C19H21F2N3O5S. The van der Waals surface area contributed by atoms with Crippen molar-refractivity contribution in [2.45, 2.75) is 23.6 Å². The molecule has 0 aromatic heterocycles. The monoisotopic (exact) mass is 441 g/mol. The molecule has 2 aromatic carbocycles. The lowest BCUT2D eigenvalue weighted by Gasteiger charge is -2.29. The van der Waals surface area contributed by atoms with Crippen LogP contribution in [0.25, 0.3) is 0 Å². The molecule has 1 heterocycles. The lowest BCUT2D eigenvalue weighted by atomic mass is 10.1. The number of halogens is 2. The zero-order valence-corrected chi connectivity index (χ0v) is 16.9. The number of sulfone groups is 1. The molecule has 0 bridgehead atoms. The Morgan fingerprint density at radius 3 is 2.33 bits per heavy atom. The average molecular weight is 441 g/mol. The molecule has 1 aliphatic heterocycles. The SMILES string of the molecule is CC(Nc1ccc(S(=O)(=O)C(F)F)cc1[N+](=O)[O-])c1ccc(N2CCOCC2)cc1. The van der Waals surface area contributed by atoms with Crippen molar-refractivity contribution in [2.24, 2.45) is 0 Å². The summed E-state index contributed by atoms with van der Waals surface area (Å²) >= 11 is 0. The molecule has 0 amide bonds. The van der Waals surface area contributed by atoms with Gasteiger partial charge in [0.15, 0.2) is 0 Å². The van der Waals surface area contributed by atoms with Gasteiger partial charge in [0, 0.05) is 30.9 Å². The summed E-state index contributed by atoms with van der Waals surface area (Å²) in [6, 6.07) is 10.1. The standard InChI is InChI=1S/C19H21F2N3O5S/c1-13(14-2-4-15(5-3-14)23-8-10-29-11-9-23)22-17-7-6-16(12-18(17)24(25)26)30(27,28)19(20)21/h2-7,12-13,19,22H,8-11H2,1H3. The van der Waals surface area contributed by atoms with Crippen LogP contribution in [-0.2, 0) is 14.6 Å². The molecule has 0 spiro atoms. The van der Waals surface area contributed by atoms with E-state index in [0.717, 1.165) is 36.5 Å². The smallest absolute Gasteiger partial charge is 0.341 e. The highest BCUT2D eigenvalue weighted by Gasteiger charge is 2.29. The minimum absolute atomic E-state index is 0.0398. The number of morpholine rings is 1. The van der Waals surface area contributed by atoms with Crippen molar-refractivity contribution in [3.63, 3.8) is 0 Å². The molecule has 2 aromatic rings. The van der Waals surface area contributed by atoms with Crippen molar-refractivity contribution in [3.05, 3.63) is 58.1 Å². The van der Waals surface area contributed by atoms with E-state index in [0.29, 0.717) is 19.3 Å². The number of ether oxygens (including phenoxy) is 1. The maximum atomic E-state index is 12.7. The number of benzene rings is 2. The number of nitro groups is 1. The molecule has 8 nitrogen and oxygen atoms in total. The van der Waals surface area contributed by atoms with E-state index in [2.05, 4.69) is 10.2 Å². The van der Waals surface area contributed by atoms with Crippen molar-refractivity contribution in [1.82, 2.24) is 0 Å². The Hall–Kier alpha value is -2.79. The van der Waals surface area contributed by atoms with E-state index >= 15 is 0 Å². The molecule has 1 atom stereocenters. The van der Waals surface area contributed by atoms with Crippen molar-refractivity contribution < 1.29 is 26.9 Å². The Morgan fingerprint density at radius 2 is 1.77 bits per heavy atom. The van der Waals surface area contributed by atoms with Gasteiger partial charge in [-0.15, -0.1) is 0 Å². The molecule has 0 aliphatic carbocycles. The highest BCUT2D eigenvalue weighted by atomic mass is 32.2. The predicted molar refractivity (Wildman–Crippen MR) is 108 cm³/mol. The van der Waals surface area contributed by atoms with Crippen molar-refractivity contribution in [3.8, 4) is 0 Å². The highest BCUT2D eigenvalue weighted by Crippen LogP contribution is 2.32. The summed E-state index contributed by atoms with van der Waals surface area (Å²) in [5, 5.41) is 14.3. The quantitative estimate of drug-likeness (QED) is 0.517. The Labute approximate surface area is 172 Å². The Kier molecular flexibility index (Phi) is 6.52. The number of nitrogens with one attached hydrogen (secondary N) is 1. The molecule has 162 valence electrons. The van der Waals surface area contributed by atoms with Gasteiger partial charge in [-0.25, -0.2) is 8.42 Å². The second-order valence-corrected chi connectivity index (χ2v) is 8.72. The maximum absolute atomic E-state index is 12.7. The number of nitrogens with zero attached hydrogens (tertiary/aromatic N) is 2. The van der Waals surface area contributed by atoms with Crippen LogP contribution in [0.5, 0.6) is 0 Å². The van der Waals surface area contributed by atoms with E-state index in [1.54, 1.807) is 6.92 Å². The maximum Gasteiger partial charge on any atom is 0.341 e. The van der Waals surface area contributed by atoms with Crippen LogP contribution in [-0.4, -0.2) is 45.4 Å². The van der Waals surface area contributed by atoms with Gasteiger partial charge in [0.05, 0.1) is 23.0 Å². The molecule has 1 unspecified atom stereocenters. The minimum atomic E-state index is -4.92. The van der Waals surface area contributed by atoms with Gasteiger partial charge in [0.25, 0.3) is 5.69 Å². The summed E-state index contributed by atoms with van der Waals surface area (Å²) in [5.74, 6) is -3.65. The van der Waals surface area contributed by atoms with Gasteiger partial charge >= 0.3 is 5.76 Å². The van der Waals surface area contributed by atoms with Crippen molar-refractivity contribution in [2.75, 3.05) is 36.5 Å². The normalized spacial score (nSPS) is 15.8. The molecule has 0 radical (unpaired) electrons. The number of anilines is 2. The van der Waals surface area contributed by atoms with E-state index in [4.69, 9.17) is 4.74 Å². The highest BCUT2D eigenvalue weighted by molar-refractivity contribution is 7.91. The molecule has 1 N–H and O–H groups in total. The van der Waals surface area contributed by atoms with Gasteiger partial charge in [-0.05, 0) is 36.8 Å².